The third-order valence-electron chi connectivity index (χ3n) is 11.1. The highest BCUT2D eigenvalue weighted by atomic mass is 15.2. The summed E-state index contributed by atoms with van der Waals surface area (Å²) in [5.41, 5.74) is 15.8. The Balaban J connectivity index is 1.12. The van der Waals surface area contributed by atoms with Crippen molar-refractivity contribution in [2.24, 2.45) is 0 Å². The topological polar surface area (TPSA) is 24.3 Å². The van der Waals surface area contributed by atoms with E-state index in [2.05, 4.69) is 234 Å². The highest BCUT2D eigenvalue weighted by molar-refractivity contribution is 5.94. The van der Waals surface area contributed by atoms with Crippen LogP contribution in [0.3, 0.4) is 0 Å². The van der Waals surface area contributed by atoms with Crippen molar-refractivity contribution in [2.75, 3.05) is 9.80 Å². The zero-order valence-corrected chi connectivity index (χ0v) is 31.4. The molecule has 268 valence electrons. The minimum absolute atomic E-state index is 0.250. The Bertz CT molecular complexity index is 2770. The summed E-state index contributed by atoms with van der Waals surface area (Å²) < 4.78 is 2.31. The van der Waals surface area contributed by atoms with Crippen LogP contribution in [0.5, 0.6) is 0 Å². The van der Waals surface area contributed by atoms with E-state index >= 15 is 0 Å². The number of nitrogens with zero attached hydrogens (tertiary/aromatic N) is 4. The maximum atomic E-state index is 5.31. The second-order valence-corrected chi connectivity index (χ2v) is 14.9. The van der Waals surface area contributed by atoms with Crippen LogP contribution in [-0.4, -0.2) is 9.55 Å². The molecule has 10 rings (SSSR count). The number of aromatic nitrogens is 2. The number of hydrogen-bond donors (Lipinski definition) is 0. The summed E-state index contributed by atoms with van der Waals surface area (Å²) in [5, 5.41) is 0. The van der Waals surface area contributed by atoms with Crippen LogP contribution in [0, 0.1) is 0 Å². The molecular weight excluding hydrogens is 681 g/mol. The molecule has 0 bridgehead atoms. The minimum Gasteiger partial charge on any atom is -0.310 e. The Labute approximate surface area is 328 Å². The number of benzene rings is 8. The molecule has 0 amide bonds. The normalized spacial score (nSPS) is 12.6. The van der Waals surface area contributed by atoms with Gasteiger partial charge in [0, 0.05) is 50.8 Å². The average molecular weight is 721 g/mol. The zero-order chi connectivity index (χ0) is 37.6. The van der Waals surface area contributed by atoms with Crippen molar-refractivity contribution in [2.45, 2.75) is 19.3 Å². The van der Waals surface area contributed by atoms with E-state index < -0.39 is 0 Å². The molecule has 0 unspecified atom stereocenters. The van der Waals surface area contributed by atoms with Crippen molar-refractivity contribution in [3.63, 3.8) is 0 Å². The van der Waals surface area contributed by atoms with Gasteiger partial charge >= 0.3 is 0 Å². The van der Waals surface area contributed by atoms with Crippen molar-refractivity contribution in [1.82, 2.24) is 9.55 Å². The summed E-state index contributed by atoms with van der Waals surface area (Å²) in [6, 6.07) is 73.5. The molecule has 0 N–H and O–H groups in total. The van der Waals surface area contributed by atoms with Gasteiger partial charge in [-0.1, -0.05) is 129 Å². The van der Waals surface area contributed by atoms with E-state index in [1.165, 1.54) is 22.3 Å². The maximum Gasteiger partial charge on any atom is 0.145 e. The SMILES string of the molecule is CC1(C)c2cc(N(c3ccccc3)c3cccc(N(c4ccccc4)c4ccccc4)c3)ccc2-c2cc3c(cc21)nc(-c1ccccc1)n3-c1ccccc1. The predicted octanol–water partition coefficient (Wildman–Crippen LogP) is 13.9. The van der Waals surface area contributed by atoms with Crippen molar-refractivity contribution >= 4 is 45.2 Å². The van der Waals surface area contributed by atoms with Crippen LogP contribution >= 0.6 is 0 Å². The van der Waals surface area contributed by atoms with E-state index in [0.29, 0.717) is 0 Å². The van der Waals surface area contributed by atoms with Gasteiger partial charge in [0.25, 0.3) is 0 Å². The highest BCUT2D eigenvalue weighted by Gasteiger charge is 2.37. The average Bonchev–Trinajstić information content (AvgIpc) is 3.74. The number of para-hydroxylation sites is 4. The molecule has 0 radical (unpaired) electrons. The van der Waals surface area contributed by atoms with E-state index in [-0.39, 0.29) is 5.41 Å². The first-order valence-electron chi connectivity index (χ1n) is 19.2. The fourth-order valence-corrected chi connectivity index (χ4v) is 8.45. The molecule has 1 aromatic heterocycles. The summed E-state index contributed by atoms with van der Waals surface area (Å²) in [4.78, 5) is 10.0. The van der Waals surface area contributed by atoms with Gasteiger partial charge in [0.05, 0.1) is 11.0 Å². The van der Waals surface area contributed by atoms with Crippen LogP contribution in [0.15, 0.2) is 206 Å². The zero-order valence-electron chi connectivity index (χ0n) is 31.4. The predicted molar refractivity (Wildman–Crippen MR) is 233 cm³/mol. The fraction of sp³-hybridized carbons (Fsp3) is 0.0577. The first-order valence-corrected chi connectivity index (χ1v) is 19.2. The van der Waals surface area contributed by atoms with Crippen molar-refractivity contribution in [3.05, 3.63) is 217 Å². The van der Waals surface area contributed by atoms with Gasteiger partial charge in [-0.15, -0.1) is 0 Å². The number of anilines is 6. The monoisotopic (exact) mass is 720 g/mol. The summed E-state index contributed by atoms with van der Waals surface area (Å²) >= 11 is 0. The third kappa shape index (κ3) is 5.66. The summed E-state index contributed by atoms with van der Waals surface area (Å²) in [6.07, 6.45) is 0. The number of rotatable bonds is 8. The second kappa shape index (κ2) is 13.6. The van der Waals surface area contributed by atoms with Gasteiger partial charge in [0.2, 0.25) is 0 Å². The lowest BCUT2D eigenvalue weighted by molar-refractivity contribution is 0.661. The van der Waals surface area contributed by atoms with Crippen LogP contribution in [0.4, 0.5) is 34.1 Å². The maximum absolute atomic E-state index is 5.31. The molecule has 0 atom stereocenters. The Morgan fingerprint density at radius 3 is 1.45 bits per heavy atom. The van der Waals surface area contributed by atoms with E-state index in [1.54, 1.807) is 0 Å². The van der Waals surface area contributed by atoms with Gasteiger partial charge in [0.1, 0.15) is 5.82 Å². The summed E-state index contributed by atoms with van der Waals surface area (Å²) in [5.74, 6) is 0.947. The number of imidazole rings is 1. The minimum atomic E-state index is -0.250. The van der Waals surface area contributed by atoms with E-state index in [0.717, 1.165) is 62.2 Å². The Morgan fingerprint density at radius 1 is 0.411 bits per heavy atom. The summed E-state index contributed by atoms with van der Waals surface area (Å²) in [7, 11) is 0. The van der Waals surface area contributed by atoms with E-state index in [9.17, 15) is 0 Å². The van der Waals surface area contributed by atoms with Gasteiger partial charge in [-0.25, -0.2) is 4.98 Å². The molecule has 4 heteroatoms. The molecule has 1 heterocycles. The lowest BCUT2D eigenvalue weighted by atomic mass is 9.82. The quantitative estimate of drug-likeness (QED) is 0.156. The lowest BCUT2D eigenvalue weighted by Gasteiger charge is -2.30. The molecule has 0 saturated heterocycles. The summed E-state index contributed by atoms with van der Waals surface area (Å²) in [6.45, 7) is 4.70. The lowest BCUT2D eigenvalue weighted by Crippen LogP contribution is -2.17. The first kappa shape index (κ1) is 33.4. The molecule has 9 aromatic rings. The fourth-order valence-electron chi connectivity index (χ4n) is 8.45. The van der Waals surface area contributed by atoms with Gasteiger partial charge < -0.3 is 9.80 Å². The smallest absolute Gasteiger partial charge is 0.145 e. The van der Waals surface area contributed by atoms with Crippen LogP contribution < -0.4 is 9.80 Å². The molecule has 56 heavy (non-hydrogen) atoms. The largest absolute Gasteiger partial charge is 0.310 e. The molecule has 0 aliphatic heterocycles. The van der Waals surface area contributed by atoms with Crippen LogP contribution in [0.25, 0.3) is 39.2 Å². The second-order valence-electron chi connectivity index (χ2n) is 14.9. The van der Waals surface area contributed by atoms with E-state index in [1.807, 2.05) is 0 Å². The Kier molecular flexibility index (Phi) is 8.11. The highest BCUT2D eigenvalue weighted by Crippen LogP contribution is 2.52. The molecular formula is C52H40N4. The number of fused-ring (bicyclic) bond motifs is 4. The van der Waals surface area contributed by atoms with Gasteiger partial charge in [-0.3, -0.25) is 4.57 Å². The van der Waals surface area contributed by atoms with Crippen LogP contribution in [-0.2, 0) is 5.41 Å². The Morgan fingerprint density at radius 2 is 0.875 bits per heavy atom. The van der Waals surface area contributed by atoms with Gasteiger partial charge in [0.15, 0.2) is 0 Å². The van der Waals surface area contributed by atoms with Crippen molar-refractivity contribution in [1.29, 1.82) is 0 Å². The molecule has 0 spiro atoms. The van der Waals surface area contributed by atoms with Gasteiger partial charge in [-0.05, 0) is 113 Å². The molecule has 1 aliphatic rings. The van der Waals surface area contributed by atoms with Gasteiger partial charge in [-0.2, -0.15) is 0 Å². The third-order valence-corrected chi connectivity index (χ3v) is 11.1. The Hall–Kier alpha value is -7.17. The van der Waals surface area contributed by atoms with Crippen molar-refractivity contribution in [3.8, 4) is 28.2 Å². The van der Waals surface area contributed by atoms with Crippen LogP contribution in [0.1, 0.15) is 25.0 Å². The van der Waals surface area contributed by atoms with E-state index in [4.69, 9.17) is 4.98 Å². The molecule has 1 aliphatic carbocycles. The molecule has 0 saturated carbocycles. The standard InChI is InChI=1S/C52H40N4/c1-52(2)47-34-44(31-32-45(47)46-35-50-49(36-48(46)52)53-51(37-19-8-3-9-20-37)56(50)41-27-16-7-17-28-41)55(40-25-14-6-15-26-40)43-30-18-29-42(33-43)54(38-21-10-4-11-22-38)39-23-12-5-13-24-39/h3-36H,1-2H3. The molecule has 8 aromatic carbocycles. The molecule has 0 fully saturated rings. The number of hydrogen-bond acceptors (Lipinski definition) is 3. The van der Waals surface area contributed by atoms with Crippen molar-refractivity contribution < 1.29 is 0 Å². The first-order chi connectivity index (χ1) is 27.5. The molecule has 4 nitrogen and oxygen atoms in total. The van der Waals surface area contributed by atoms with Crippen LogP contribution in [0.2, 0.25) is 0 Å².